The molecule has 0 saturated heterocycles. The zero-order chi connectivity index (χ0) is 24.1. The molecule has 2 aromatic heterocycles. The van der Waals surface area contributed by atoms with Crippen LogP contribution in [-0.2, 0) is 0 Å². The molecule has 0 aliphatic heterocycles. The van der Waals surface area contributed by atoms with E-state index in [4.69, 9.17) is 14.0 Å². The zero-order valence-corrected chi connectivity index (χ0v) is 19.0. The lowest BCUT2D eigenvalue weighted by Crippen LogP contribution is -2.41. The molecule has 2 N–H and O–H groups in total. The molecule has 2 aromatic carbocycles. The van der Waals surface area contributed by atoms with Gasteiger partial charge >= 0.3 is 0 Å². The van der Waals surface area contributed by atoms with E-state index in [9.17, 15) is 9.59 Å². The first-order chi connectivity index (χ1) is 16.5. The molecule has 0 spiro atoms. The van der Waals surface area contributed by atoms with Gasteiger partial charge in [-0.15, -0.1) is 0 Å². The number of ether oxygens (including phenoxy) is 2. The Bertz CT molecular complexity index is 1330. The smallest absolute Gasteiger partial charge is 0.270 e. The van der Waals surface area contributed by atoms with E-state index < -0.39 is 11.8 Å². The summed E-state index contributed by atoms with van der Waals surface area (Å²) in [5.74, 6) is -0.0697. The SMILES string of the molecule is CCCOc1ccc(C(=O)NNC(=O)c2cc(-c3ccccc3)nc3onc(C)c23)cc1OC. The summed E-state index contributed by atoms with van der Waals surface area (Å²) in [7, 11) is 1.50. The third kappa shape index (κ3) is 4.68. The van der Waals surface area contributed by atoms with E-state index in [1.165, 1.54) is 7.11 Å². The summed E-state index contributed by atoms with van der Waals surface area (Å²) in [6.07, 6.45) is 0.845. The Morgan fingerprint density at radius 1 is 1.00 bits per heavy atom. The van der Waals surface area contributed by atoms with Gasteiger partial charge in [0, 0.05) is 11.1 Å². The number of amides is 2. The quantitative estimate of drug-likeness (QED) is 0.399. The van der Waals surface area contributed by atoms with Crippen LogP contribution in [0.4, 0.5) is 0 Å². The lowest BCUT2D eigenvalue weighted by molar-refractivity contribution is 0.0847. The second kappa shape index (κ2) is 10.0. The van der Waals surface area contributed by atoms with Crippen molar-refractivity contribution < 1.29 is 23.6 Å². The fraction of sp³-hybridized carbons (Fsp3) is 0.200. The molecule has 0 radical (unpaired) electrons. The Balaban J connectivity index is 1.56. The number of aromatic nitrogens is 2. The number of hydrogen-bond acceptors (Lipinski definition) is 7. The molecular formula is C25H24N4O5. The number of nitrogens with zero attached hydrogens (tertiary/aromatic N) is 2. The molecule has 34 heavy (non-hydrogen) atoms. The van der Waals surface area contributed by atoms with Gasteiger partial charge in [0.1, 0.15) is 0 Å². The molecule has 0 fully saturated rings. The van der Waals surface area contributed by atoms with E-state index in [2.05, 4.69) is 21.0 Å². The average molecular weight is 460 g/mol. The van der Waals surface area contributed by atoms with Crippen LogP contribution in [0.3, 0.4) is 0 Å². The third-order valence-corrected chi connectivity index (χ3v) is 5.11. The first kappa shape index (κ1) is 22.8. The topological polar surface area (TPSA) is 116 Å². The number of aryl methyl sites for hydroxylation is 1. The highest BCUT2D eigenvalue weighted by Gasteiger charge is 2.20. The molecule has 4 aromatic rings. The highest BCUT2D eigenvalue weighted by atomic mass is 16.5. The second-order valence-corrected chi connectivity index (χ2v) is 7.49. The number of hydrazine groups is 1. The van der Waals surface area contributed by atoms with Crippen molar-refractivity contribution >= 4 is 22.9 Å². The van der Waals surface area contributed by atoms with Gasteiger partial charge in [-0.1, -0.05) is 42.4 Å². The number of pyridine rings is 1. The van der Waals surface area contributed by atoms with Gasteiger partial charge in [-0.2, -0.15) is 0 Å². The van der Waals surface area contributed by atoms with Crippen molar-refractivity contribution in [1.29, 1.82) is 0 Å². The molecule has 9 heteroatoms. The Labute approximate surface area is 196 Å². The minimum atomic E-state index is -0.529. The molecule has 2 amide bonds. The van der Waals surface area contributed by atoms with Crippen molar-refractivity contribution in [3.8, 4) is 22.8 Å². The minimum Gasteiger partial charge on any atom is -0.493 e. The van der Waals surface area contributed by atoms with Crippen LogP contribution in [0, 0.1) is 6.92 Å². The van der Waals surface area contributed by atoms with E-state index in [1.54, 1.807) is 31.2 Å². The molecule has 2 heterocycles. The minimum absolute atomic E-state index is 0.239. The Morgan fingerprint density at radius 3 is 2.50 bits per heavy atom. The Hall–Kier alpha value is -4.40. The summed E-state index contributed by atoms with van der Waals surface area (Å²) in [6, 6.07) is 15.8. The fourth-order valence-corrected chi connectivity index (χ4v) is 3.42. The zero-order valence-electron chi connectivity index (χ0n) is 19.0. The number of benzene rings is 2. The summed E-state index contributed by atoms with van der Waals surface area (Å²) < 4.78 is 16.2. The summed E-state index contributed by atoms with van der Waals surface area (Å²) in [4.78, 5) is 30.2. The largest absolute Gasteiger partial charge is 0.493 e. The molecule has 0 aliphatic carbocycles. The number of fused-ring (bicyclic) bond motifs is 1. The molecule has 0 saturated carbocycles. The molecule has 0 unspecified atom stereocenters. The monoisotopic (exact) mass is 460 g/mol. The fourth-order valence-electron chi connectivity index (χ4n) is 3.42. The van der Waals surface area contributed by atoms with Crippen molar-refractivity contribution in [2.24, 2.45) is 0 Å². The van der Waals surface area contributed by atoms with Crippen LogP contribution in [0.2, 0.25) is 0 Å². The van der Waals surface area contributed by atoms with E-state index in [-0.39, 0.29) is 11.3 Å². The highest BCUT2D eigenvalue weighted by Crippen LogP contribution is 2.29. The van der Waals surface area contributed by atoms with E-state index >= 15 is 0 Å². The van der Waals surface area contributed by atoms with Gasteiger partial charge in [-0.3, -0.25) is 20.4 Å². The molecule has 9 nitrogen and oxygen atoms in total. The molecule has 0 atom stereocenters. The van der Waals surface area contributed by atoms with Crippen LogP contribution in [0.5, 0.6) is 11.5 Å². The summed E-state index contributed by atoms with van der Waals surface area (Å²) in [5, 5.41) is 4.41. The number of carbonyl (C=O) groups is 2. The van der Waals surface area contributed by atoms with Gasteiger partial charge in [0.2, 0.25) is 0 Å². The molecule has 174 valence electrons. The molecular weight excluding hydrogens is 436 g/mol. The van der Waals surface area contributed by atoms with Crippen molar-refractivity contribution in [2.45, 2.75) is 20.3 Å². The highest BCUT2D eigenvalue weighted by molar-refractivity contribution is 6.08. The third-order valence-electron chi connectivity index (χ3n) is 5.11. The van der Waals surface area contributed by atoms with E-state index in [1.807, 2.05) is 37.3 Å². The number of rotatable bonds is 7. The normalized spacial score (nSPS) is 10.7. The van der Waals surface area contributed by atoms with Gasteiger partial charge in [0.25, 0.3) is 17.5 Å². The van der Waals surface area contributed by atoms with Crippen LogP contribution >= 0.6 is 0 Å². The van der Waals surface area contributed by atoms with Crippen LogP contribution in [-0.4, -0.2) is 35.7 Å². The predicted molar refractivity (Wildman–Crippen MR) is 126 cm³/mol. The van der Waals surface area contributed by atoms with Crippen LogP contribution < -0.4 is 20.3 Å². The Kier molecular flexibility index (Phi) is 6.72. The van der Waals surface area contributed by atoms with Crippen LogP contribution in [0.25, 0.3) is 22.4 Å². The predicted octanol–water partition coefficient (Wildman–Crippen LogP) is 4.07. The molecule has 0 bridgehead atoms. The lowest BCUT2D eigenvalue weighted by Gasteiger charge is -2.12. The second-order valence-electron chi connectivity index (χ2n) is 7.49. The van der Waals surface area contributed by atoms with Crippen LogP contribution in [0.1, 0.15) is 39.8 Å². The van der Waals surface area contributed by atoms with Gasteiger partial charge in [0.05, 0.1) is 36.1 Å². The Morgan fingerprint density at radius 2 is 1.76 bits per heavy atom. The average Bonchev–Trinajstić information content (AvgIpc) is 3.26. The van der Waals surface area contributed by atoms with Gasteiger partial charge in [-0.25, -0.2) is 4.98 Å². The number of carbonyl (C=O) groups excluding carboxylic acids is 2. The first-order valence-electron chi connectivity index (χ1n) is 10.8. The van der Waals surface area contributed by atoms with Crippen molar-refractivity contribution in [3.05, 3.63) is 71.4 Å². The summed E-state index contributed by atoms with van der Waals surface area (Å²) in [6.45, 7) is 4.25. The molecule has 4 rings (SSSR count). The van der Waals surface area contributed by atoms with E-state index in [0.29, 0.717) is 40.4 Å². The van der Waals surface area contributed by atoms with Gasteiger partial charge in [-0.05, 0) is 37.6 Å². The van der Waals surface area contributed by atoms with Crippen molar-refractivity contribution in [1.82, 2.24) is 21.0 Å². The number of nitrogens with one attached hydrogen (secondary N) is 2. The maximum atomic E-state index is 13.1. The number of hydrogen-bond donors (Lipinski definition) is 2. The molecule has 0 aliphatic rings. The van der Waals surface area contributed by atoms with Crippen molar-refractivity contribution in [3.63, 3.8) is 0 Å². The maximum absolute atomic E-state index is 13.1. The van der Waals surface area contributed by atoms with E-state index in [0.717, 1.165) is 12.0 Å². The number of methoxy groups -OCH3 is 1. The lowest BCUT2D eigenvalue weighted by atomic mass is 10.1. The first-order valence-corrected chi connectivity index (χ1v) is 10.8. The summed E-state index contributed by atoms with van der Waals surface area (Å²) >= 11 is 0. The van der Waals surface area contributed by atoms with Gasteiger partial charge in [0.15, 0.2) is 11.5 Å². The summed E-state index contributed by atoms with van der Waals surface area (Å²) in [5.41, 5.74) is 7.60. The maximum Gasteiger partial charge on any atom is 0.270 e. The van der Waals surface area contributed by atoms with Crippen LogP contribution in [0.15, 0.2) is 59.1 Å². The van der Waals surface area contributed by atoms with Gasteiger partial charge < -0.3 is 14.0 Å². The standard InChI is InChI=1S/C25H24N4O5/c1-4-12-33-20-11-10-17(13-21(20)32-3)23(30)27-28-24(31)18-14-19(16-8-6-5-7-9-16)26-25-22(18)15(2)29-34-25/h5-11,13-14H,4,12H2,1-3H3,(H,27,30)(H,28,31). The van der Waals surface area contributed by atoms with Crippen molar-refractivity contribution in [2.75, 3.05) is 13.7 Å².